The van der Waals surface area contributed by atoms with Crippen LogP contribution in [0.4, 0.5) is 5.69 Å². The Kier molecular flexibility index (Phi) is 4.67. The maximum atomic E-state index is 11.9. The number of nitrogens with one attached hydrogen (secondary N) is 1. The van der Waals surface area contributed by atoms with Crippen LogP contribution in [0.2, 0.25) is 0 Å². The van der Waals surface area contributed by atoms with Gasteiger partial charge in [-0.1, -0.05) is 26.0 Å². The molecule has 1 N–H and O–H groups in total. The minimum Gasteiger partial charge on any atom is -0.324 e. The number of carbonyl (C=O) groups is 1. The zero-order valence-corrected chi connectivity index (χ0v) is 12.1. The summed E-state index contributed by atoms with van der Waals surface area (Å²) >= 11 is 0. The standard InChI is InChI=1S/C15H17N5O/c1-3-11(2)12-4-6-13(7-5-12)18-15(21)9-20-10-17-14(8-16)19-20/h4-7,10-11H,3,9H2,1-2H3,(H,18,21). The van der Waals surface area contributed by atoms with Gasteiger partial charge in [0.05, 0.1) is 0 Å². The van der Waals surface area contributed by atoms with E-state index in [1.165, 1.54) is 16.6 Å². The van der Waals surface area contributed by atoms with Gasteiger partial charge in [0.1, 0.15) is 18.9 Å². The van der Waals surface area contributed by atoms with Crippen LogP contribution in [-0.2, 0) is 11.3 Å². The first-order valence-electron chi connectivity index (χ1n) is 6.81. The predicted octanol–water partition coefficient (Wildman–Crippen LogP) is 2.30. The molecule has 0 aliphatic rings. The molecule has 6 nitrogen and oxygen atoms in total. The Hall–Kier alpha value is -2.68. The fourth-order valence-corrected chi connectivity index (χ4v) is 1.90. The molecule has 0 aliphatic carbocycles. The van der Waals surface area contributed by atoms with Crippen LogP contribution in [0.3, 0.4) is 0 Å². The van der Waals surface area contributed by atoms with Crippen LogP contribution in [0.15, 0.2) is 30.6 Å². The molecule has 0 saturated heterocycles. The number of hydrogen-bond acceptors (Lipinski definition) is 4. The molecule has 0 spiro atoms. The summed E-state index contributed by atoms with van der Waals surface area (Å²) in [4.78, 5) is 15.6. The lowest BCUT2D eigenvalue weighted by Crippen LogP contribution is -2.19. The molecule has 6 heteroatoms. The largest absolute Gasteiger partial charge is 0.324 e. The van der Waals surface area contributed by atoms with E-state index in [1.54, 1.807) is 0 Å². The van der Waals surface area contributed by atoms with Crippen LogP contribution in [0.25, 0.3) is 0 Å². The van der Waals surface area contributed by atoms with E-state index in [9.17, 15) is 4.79 Å². The zero-order chi connectivity index (χ0) is 15.2. The number of amides is 1. The van der Waals surface area contributed by atoms with Crippen molar-refractivity contribution in [1.82, 2.24) is 14.8 Å². The summed E-state index contributed by atoms with van der Waals surface area (Å²) in [5.41, 5.74) is 2.00. The average molecular weight is 283 g/mol. The highest BCUT2D eigenvalue weighted by molar-refractivity contribution is 5.90. The summed E-state index contributed by atoms with van der Waals surface area (Å²) in [6, 6.07) is 9.64. The van der Waals surface area contributed by atoms with Crippen molar-refractivity contribution in [3.8, 4) is 6.07 Å². The van der Waals surface area contributed by atoms with Gasteiger partial charge in [-0.05, 0) is 30.0 Å². The molecule has 21 heavy (non-hydrogen) atoms. The van der Waals surface area contributed by atoms with Crippen molar-refractivity contribution in [3.05, 3.63) is 42.0 Å². The van der Waals surface area contributed by atoms with E-state index in [0.717, 1.165) is 12.1 Å². The Bertz CT molecular complexity index is 653. The van der Waals surface area contributed by atoms with Gasteiger partial charge >= 0.3 is 0 Å². The van der Waals surface area contributed by atoms with E-state index in [2.05, 4.69) is 29.2 Å². The van der Waals surface area contributed by atoms with Gasteiger partial charge in [0.15, 0.2) is 0 Å². The molecule has 1 amide bonds. The van der Waals surface area contributed by atoms with E-state index >= 15 is 0 Å². The topological polar surface area (TPSA) is 83.6 Å². The summed E-state index contributed by atoms with van der Waals surface area (Å²) in [5, 5.41) is 15.3. The van der Waals surface area contributed by atoms with E-state index < -0.39 is 0 Å². The maximum absolute atomic E-state index is 11.9. The zero-order valence-electron chi connectivity index (χ0n) is 12.1. The Morgan fingerprint density at radius 1 is 1.43 bits per heavy atom. The van der Waals surface area contributed by atoms with Gasteiger partial charge in [0.2, 0.25) is 5.91 Å². The fraction of sp³-hybridized carbons (Fsp3) is 0.333. The quantitative estimate of drug-likeness (QED) is 0.912. The van der Waals surface area contributed by atoms with Gasteiger partial charge in [0, 0.05) is 5.69 Å². The molecular formula is C15H17N5O. The molecule has 0 aliphatic heterocycles. The highest BCUT2D eigenvalue weighted by atomic mass is 16.2. The number of nitrogens with zero attached hydrogens (tertiary/aromatic N) is 4. The molecule has 0 saturated carbocycles. The Morgan fingerprint density at radius 3 is 2.71 bits per heavy atom. The van der Waals surface area contributed by atoms with Crippen LogP contribution < -0.4 is 5.32 Å². The first-order valence-corrected chi connectivity index (χ1v) is 6.81. The number of carbonyl (C=O) groups excluding carboxylic acids is 1. The van der Waals surface area contributed by atoms with E-state index in [4.69, 9.17) is 5.26 Å². The molecular weight excluding hydrogens is 266 g/mol. The Morgan fingerprint density at radius 2 is 2.14 bits per heavy atom. The van der Waals surface area contributed by atoms with Crippen molar-refractivity contribution in [1.29, 1.82) is 5.26 Å². The minimum absolute atomic E-state index is 0.0296. The third-order valence-electron chi connectivity index (χ3n) is 3.32. The summed E-state index contributed by atoms with van der Waals surface area (Å²) < 4.78 is 1.33. The first kappa shape index (κ1) is 14.7. The second kappa shape index (κ2) is 6.66. The summed E-state index contributed by atoms with van der Waals surface area (Å²) in [6.07, 6.45) is 2.45. The molecule has 1 unspecified atom stereocenters. The second-order valence-corrected chi connectivity index (χ2v) is 4.86. The highest BCUT2D eigenvalue weighted by Gasteiger charge is 2.07. The Labute approximate surface area is 123 Å². The molecule has 0 fully saturated rings. The highest BCUT2D eigenvalue weighted by Crippen LogP contribution is 2.20. The SMILES string of the molecule is CCC(C)c1ccc(NC(=O)Cn2cnc(C#N)n2)cc1. The maximum Gasteiger partial charge on any atom is 0.252 e. The molecule has 0 radical (unpaired) electrons. The molecule has 1 atom stereocenters. The van der Waals surface area contributed by atoms with Gasteiger partial charge in [-0.3, -0.25) is 4.79 Å². The van der Waals surface area contributed by atoms with Crippen LogP contribution in [0.1, 0.15) is 37.6 Å². The predicted molar refractivity (Wildman–Crippen MR) is 78.5 cm³/mol. The lowest BCUT2D eigenvalue weighted by Gasteiger charge is -2.10. The van der Waals surface area contributed by atoms with Crippen LogP contribution >= 0.6 is 0 Å². The van der Waals surface area contributed by atoms with Gasteiger partial charge in [-0.15, -0.1) is 5.10 Å². The van der Waals surface area contributed by atoms with Crippen molar-refractivity contribution >= 4 is 11.6 Å². The van der Waals surface area contributed by atoms with Crippen molar-refractivity contribution in [2.75, 3.05) is 5.32 Å². The van der Waals surface area contributed by atoms with E-state index in [-0.39, 0.29) is 18.3 Å². The number of anilines is 1. The molecule has 2 rings (SSSR count). The molecule has 108 valence electrons. The second-order valence-electron chi connectivity index (χ2n) is 4.86. The van der Waals surface area contributed by atoms with Gasteiger partial charge < -0.3 is 5.32 Å². The summed E-state index contributed by atoms with van der Waals surface area (Å²) in [6.45, 7) is 4.35. The number of rotatable bonds is 5. The third-order valence-corrected chi connectivity index (χ3v) is 3.32. The third kappa shape index (κ3) is 3.89. The molecule has 2 aromatic rings. The molecule has 1 aromatic carbocycles. The minimum atomic E-state index is -0.208. The van der Waals surface area contributed by atoms with Crippen LogP contribution in [-0.4, -0.2) is 20.7 Å². The van der Waals surface area contributed by atoms with E-state index in [0.29, 0.717) is 5.92 Å². The van der Waals surface area contributed by atoms with Gasteiger partial charge in [-0.25, -0.2) is 9.67 Å². The average Bonchev–Trinajstić information content (AvgIpc) is 2.94. The lowest BCUT2D eigenvalue weighted by atomic mass is 9.99. The van der Waals surface area contributed by atoms with Crippen molar-refractivity contribution in [2.24, 2.45) is 0 Å². The molecule has 1 heterocycles. The number of hydrogen-bond donors (Lipinski definition) is 1. The summed E-state index contributed by atoms with van der Waals surface area (Å²) in [5.74, 6) is 0.357. The monoisotopic (exact) mass is 283 g/mol. The fourth-order valence-electron chi connectivity index (χ4n) is 1.90. The van der Waals surface area contributed by atoms with Crippen molar-refractivity contribution in [3.63, 3.8) is 0 Å². The smallest absolute Gasteiger partial charge is 0.252 e. The number of benzene rings is 1. The molecule has 0 bridgehead atoms. The lowest BCUT2D eigenvalue weighted by molar-refractivity contribution is -0.116. The van der Waals surface area contributed by atoms with Crippen molar-refractivity contribution < 1.29 is 4.79 Å². The van der Waals surface area contributed by atoms with Gasteiger partial charge in [0.25, 0.3) is 5.82 Å². The van der Waals surface area contributed by atoms with E-state index in [1.807, 2.05) is 30.3 Å². The Balaban J connectivity index is 1.95. The number of nitriles is 1. The van der Waals surface area contributed by atoms with Crippen LogP contribution in [0, 0.1) is 11.3 Å². The normalized spacial score (nSPS) is 11.7. The van der Waals surface area contributed by atoms with Crippen LogP contribution in [0.5, 0.6) is 0 Å². The first-order chi connectivity index (χ1) is 10.1. The van der Waals surface area contributed by atoms with Crippen molar-refractivity contribution in [2.45, 2.75) is 32.7 Å². The summed E-state index contributed by atoms with van der Waals surface area (Å²) in [7, 11) is 0. The number of aromatic nitrogens is 3. The molecule has 1 aromatic heterocycles. The van der Waals surface area contributed by atoms with Gasteiger partial charge in [-0.2, -0.15) is 5.26 Å².